The van der Waals surface area contributed by atoms with Crippen LogP contribution < -0.4 is 10.7 Å². The van der Waals surface area contributed by atoms with Gasteiger partial charge < -0.3 is 5.32 Å². The summed E-state index contributed by atoms with van der Waals surface area (Å²) in [4.78, 5) is 26.2. The number of amides is 2. The third-order valence-corrected chi connectivity index (χ3v) is 6.96. The molecule has 8 heteroatoms. The third-order valence-electron chi connectivity index (χ3n) is 5.39. The first kappa shape index (κ1) is 26.5. The highest BCUT2D eigenvalue weighted by molar-refractivity contribution is 7.98. The SMILES string of the molecule is C/C(=N/NC(=O)c1ccc(CSc2ccc(Cl)cc2)cc1)c1cccc(NC(=O)c2cccc(Cl)c2)c1. The molecule has 5 nitrogen and oxygen atoms in total. The second-order valence-corrected chi connectivity index (χ2v) is 10.0. The van der Waals surface area contributed by atoms with E-state index in [0.717, 1.165) is 21.8 Å². The lowest BCUT2D eigenvalue weighted by Gasteiger charge is -2.08. The summed E-state index contributed by atoms with van der Waals surface area (Å²) in [5.74, 6) is 0.213. The van der Waals surface area contributed by atoms with Gasteiger partial charge in [0.05, 0.1) is 5.71 Å². The van der Waals surface area contributed by atoms with Gasteiger partial charge >= 0.3 is 0 Å². The maximum absolute atomic E-state index is 12.6. The van der Waals surface area contributed by atoms with Crippen LogP contribution in [0.5, 0.6) is 0 Å². The fourth-order valence-corrected chi connectivity index (χ4v) is 4.54. The van der Waals surface area contributed by atoms with Crippen LogP contribution in [0.2, 0.25) is 10.0 Å². The first-order valence-electron chi connectivity index (χ1n) is 11.4. The number of rotatable bonds is 8. The largest absolute Gasteiger partial charge is 0.322 e. The molecule has 4 rings (SSSR count). The van der Waals surface area contributed by atoms with Gasteiger partial charge in [-0.3, -0.25) is 9.59 Å². The molecule has 0 unspecified atom stereocenters. The Morgan fingerprint density at radius 3 is 2.19 bits per heavy atom. The number of carbonyl (C=O) groups excluding carboxylic acids is 2. The van der Waals surface area contributed by atoms with Crippen molar-refractivity contribution < 1.29 is 9.59 Å². The van der Waals surface area contributed by atoms with Gasteiger partial charge in [-0.25, -0.2) is 5.43 Å². The molecule has 0 atom stereocenters. The van der Waals surface area contributed by atoms with Crippen molar-refractivity contribution in [2.45, 2.75) is 17.6 Å². The molecular weight excluding hydrogens is 525 g/mol. The molecule has 0 aliphatic carbocycles. The van der Waals surface area contributed by atoms with E-state index in [0.29, 0.717) is 32.6 Å². The molecule has 0 fully saturated rings. The van der Waals surface area contributed by atoms with Gasteiger partial charge in [-0.1, -0.05) is 53.5 Å². The van der Waals surface area contributed by atoms with Gasteiger partial charge in [0.1, 0.15) is 0 Å². The van der Waals surface area contributed by atoms with Crippen LogP contribution in [0, 0.1) is 0 Å². The molecule has 0 aliphatic heterocycles. The van der Waals surface area contributed by atoms with Crippen molar-refractivity contribution in [2.75, 3.05) is 5.32 Å². The van der Waals surface area contributed by atoms with Crippen LogP contribution in [0.25, 0.3) is 0 Å². The zero-order valence-corrected chi connectivity index (χ0v) is 22.2. The molecule has 0 heterocycles. The smallest absolute Gasteiger partial charge is 0.271 e. The average molecular weight is 548 g/mol. The summed E-state index contributed by atoms with van der Waals surface area (Å²) in [7, 11) is 0. The second-order valence-electron chi connectivity index (χ2n) is 8.12. The number of thioether (sulfide) groups is 1. The fourth-order valence-electron chi connectivity index (χ4n) is 3.37. The minimum atomic E-state index is -0.304. The topological polar surface area (TPSA) is 70.6 Å². The van der Waals surface area contributed by atoms with Gasteiger partial charge in [-0.05, 0) is 84.8 Å². The van der Waals surface area contributed by atoms with Crippen LogP contribution in [0.15, 0.2) is 107 Å². The molecule has 2 N–H and O–H groups in total. The van der Waals surface area contributed by atoms with Crippen LogP contribution in [0.1, 0.15) is 38.8 Å². The number of nitrogens with zero attached hydrogens (tertiary/aromatic N) is 1. The Bertz CT molecular complexity index is 1440. The number of anilines is 1. The number of halogens is 2. The van der Waals surface area contributed by atoms with Crippen molar-refractivity contribution in [1.29, 1.82) is 0 Å². The summed E-state index contributed by atoms with van der Waals surface area (Å²) in [6.07, 6.45) is 0. The molecule has 186 valence electrons. The number of carbonyl (C=O) groups is 2. The first-order chi connectivity index (χ1) is 17.9. The van der Waals surface area contributed by atoms with Gasteiger partial charge in [0.25, 0.3) is 11.8 Å². The fraction of sp³-hybridized carbons (Fsp3) is 0.0690. The molecule has 0 saturated carbocycles. The molecule has 0 aliphatic rings. The Labute approximate surface area is 229 Å². The highest BCUT2D eigenvalue weighted by Gasteiger charge is 2.09. The highest BCUT2D eigenvalue weighted by atomic mass is 35.5. The number of nitrogens with one attached hydrogen (secondary N) is 2. The molecule has 2 amide bonds. The summed E-state index contributed by atoms with van der Waals surface area (Å²) < 4.78 is 0. The van der Waals surface area contributed by atoms with Crippen molar-refractivity contribution in [1.82, 2.24) is 5.43 Å². The van der Waals surface area contributed by atoms with E-state index in [1.165, 1.54) is 0 Å². The standard InChI is InChI=1S/C29H23Cl2N3O2S/c1-19(22-4-3-7-26(17-22)32-28(35)23-5-2-6-25(31)16-23)33-34-29(36)21-10-8-20(9-11-21)18-37-27-14-12-24(30)13-15-27/h2-17H,18H2,1H3,(H,32,35)(H,34,36)/b33-19-. The minimum absolute atomic E-state index is 0.266. The number of hydrogen-bond acceptors (Lipinski definition) is 4. The quantitative estimate of drug-likeness (QED) is 0.135. The van der Waals surface area contributed by atoms with Gasteiger partial charge in [0.15, 0.2) is 0 Å². The van der Waals surface area contributed by atoms with Crippen LogP contribution in [-0.4, -0.2) is 17.5 Å². The summed E-state index contributed by atoms with van der Waals surface area (Å²) in [6.45, 7) is 1.79. The molecule has 0 radical (unpaired) electrons. The minimum Gasteiger partial charge on any atom is -0.322 e. The lowest BCUT2D eigenvalue weighted by atomic mass is 10.1. The lowest BCUT2D eigenvalue weighted by molar-refractivity contribution is 0.0954. The zero-order chi connectivity index (χ0) is 26.2. The Kier molecular flexibility index (Phi) is 9.01. The molecule has 4 aromatic rings. The second kappa shape index (κ2) is 12.6. The summed E-state index contributed by atoms with van der Waals surface area (Å²) in [5.41, 5.74) is 6.65. The Morgan fingerprint density at radius 2 is 1.46 bits per heavy atom. The number of hydrogen-bond donors (Lipinski definition) is 2. The van der Waals surface area contributed by atoms with E-state index >= 15 is 0 Å². The van der Waals surface area contributed by atoms with Crippen molar-refractivity contribution >= 4 is 58.2 Å². The van der Waals surface area contributed by atoms with Gasteiger partial charge in [-0.15, -0.1) is 11.8 Å². The summed E-state index contributed by atoms with van der Waals surface area (Å²) >= 11 is 13.6. The van der Waals surface area contributed by atoms with Gasteiger partial charge in [0, 0.05) is 37.5 Å². The van der Waals surface area contributed by atoms with Gasteiger partial charge in [-0.2, -0.15) is 5.10 Å². The lowest BCUT2D eigenvalue weighted by Crippen LogP contribution is -2.19. The molecule has 37 heavy (non-hydrogen) atoms. The normalized spacial score (nSPS) is 11.2. The van der Waals surface area contributed by atoms with E-state index < -0.39 is 0 Å². The van der Waals surface area contributed by atoms with E-state index in [4.69, 9.17) is 23.2 Å². The van der Waals surface area contributed by atoms with E-state index in [2.05, 4.69) is 15.8 Å². The predicted octanol–water partition coefficient (Wildman–Crippen LogP) is 7.69. The third kappa shape index (κ3) is 7.70. The van der Waals surface area contributed by atoms with Crippen LogP contribution in [0.4, 0.5) is 5.69 Å². The van der Waals surface area contributed by atoms with Crippen molar-refractivity contribution in [3.63, 3.8) is 0 Å². The molecule has 0 aromatic heterocycles. The summed E-state index contributed by atoms with van der Waals surface area (Å²) in [5, 5.41) is 8.30. The predicted molar refractivity (Wildman–Crippen MR) is 153 cm³/mol. The zero-order valence-electron chi connectivity index (χ0n) is 19.9. The molecule has 0 spiro atoms. The Balaban J connectivity index is 1.33. The number of benzene rings is 4. The van der Waals surface area contributed by atoms with Gasteiger partial charge in [0.2, 0.25) is 0 Å². The maximum atomic E-state index is 12.6. The Morgan fingerprint density at radius 1 is 0.757 bits per heavy atom. The summed E-state index contributed by atoms with van der Waals surface area (Å²) in [6, 6.07) is 29.1. The van der Waals surface area contributed by atoms with E-state index in [9.17, 15) is 9.59 Å². The van der Waals surface area contributed by atoms with Crippen molar-refractivity contribution in [3.05, 3.63) is 129 Å². The first-order valence-corrected chi connectivity index (χ1v) is 13.1. The average Bonchev–Trinajstić information content (AvgIpc) is 2.91. The van der Waals surface area contributed by atoms with Crippen LogP contribution >= 0.6 is 35.0 Å². The Hall–Kier alpha value is -3.58. The molecule has 4 aromatic carbocycles. The molecule has 0 saturated heterocycles. The highest BCUT2D eigenvalue weighted by Crippen LogP contribution is 2.24. The van der Waals surface area contributed by atoms with E-state index in [1.807, 2.05) is 48.5 Å². The number of hydrazone groups is 1. The maximum Gasteiger partial charge on any atom is 0.271 e. The molecular formula is C29H23Cl2N3O2S. The van der Waals surface area contributed by atoms with E-state index in [-0.39, 0.29) is 11.8 Å². The monoisotopic (exact) mass is 547 g/mol. The van der Waals surface area contributed by atoms with Crippen molar-refractivity contribution in [2.24, 2.45) is 5.10 Å². The van der Waals surface area contributed by atoms with Crippen LogP contribution in [0.3, 0.4) is 0 Å². The van der Waals surface area contributed by atoms with Crippen molar-refractivity contribution in [3.8, 4) is 0 Å². The molecule has 0 bridgehead atoms. The van der Waals surface area contributed by atoms with E-state index in [1.54, 1.807) is 67.2 Å². The van der Waals surface area contributed by atoms with Crippen LogP contribution in [-0.2, 0) is 5.75 Å².